The fourth-order valence-corrected chi connectivity index (χ4v) is 4.71. The van der Waals surface area contributed by atoms with E-state index in [1.807, 2.05) is 0 Å². The van der Waals surface area contributed by atoms with Crippen LogP contribution in [0.4, 0.5) is 11.4 Å². The number of benzene rings is 3. The quantitative estimate of drug-likeness (QED) is 0.502. The van der Waals surface area contributed by atoms with Crippen molar-refractivity contribution < 1.29 is 25.2 Å². The number of nitrogens with zero attached hydrogens (tertiary/aromatic N) is 1. The molecule has 3 aromatic carbocycles. The first-order valence-electron chi connectivity index (χ1n) is 9.42. The van der Waals surface area contributed by atoms with E-state index in [-0.39, 0.29) is 21.7 Å². The number of aliphatic carboxylic acids is 1. The molecule has 1 fully saturated rings. The molecule has 2 atom stereocenters. The highest BCUT2D eigenvalue weighted by molar-refractivity contribution is 5.85. The summed E-state index contributed by atoms with van der Waals surface area (Å²) < 4.78 is -0.242. The summed E-state index contributed by atoms with van der Waals surface area (Å²) >= 11 is 0. The fraction of sp³-hybridized carbons (Fsp3) is 0.174. The van der Waals surface area contributed by atoms with Gasteiger partial charge in [0.1, 0.15) is 5.75 Å². The lowest BCUT2D eigenvalue weighted by Gasteiger charge is -2.38. The van der Waals surface area contributed by atoms with Gasteiger partial charge >= 0.3 is 5.97 Å². The zero-order valence-corrected chi connectivity index (χ0v) is 15.6. The van der Waals surface area contributed by atoms with Crippen molar-refractivity contribution in [2.24, 2.45) is 0 Å². The normalized spacial score (nSPS) is 20.4. The highest BCUT2D eigenvalue weighted by Gasteiger charge is 2.58. The number of quaternary nitrogens is 1. The van der Waals surface area contributed by atoms with Crippen LogP contribution in [0.3, 0.4) is 0 Å². The van der Waals surface area contributed by atoms with E-state index >= 15 is 0 Å². The minimum atomic E-state index is -1.07. The Morgan fingerprint density at radius 3 is 1.72 bits per heavy atom. The lowest BCUT2D eigenvalue weighted by molar-refractivity contribution is -0.141. The number of carbonyl (C=O) groups is 1. The first-order valence-corrected chi connectivity index (χ1v) is 9.42. The van der Waals surface area contributed by atoms with Gasteiger partial charge in [-0.2, -0.15) is 0 Å². The molecule has 29 heavy (non-hydrogen) atoms. The predicted octanol–water partition coefficient (Wildman–Crippen LogP) is 4.08. The van der Waals surface area contributed by atoms with Crippen LogP contribution in [0.5, 0.6) is 17.2 Å². The highest BCUT2D eigenvalue weighted by Crippen LogP contribution is 2.54. The molecule has 1 saturated heterocycles. The maximum atomic E-state index is 12.6. The van der Waals surface area contributed by atoms with Crippen molar-refractivity contribution in [1.29, 1.82) is 0 Å². The summed E-state index contributed by atoms with van der Waals surface area (Å²) in [7, 11) is 0. The molecule has 1 aliphatic rings. The van der Waals surface area contributed by atoms with E-state index in [2.05, 4.69) is 0 Å². The van der Waals surface area contributed by atoms with E-state index in [0.29, 0.717) is 29.9 Å². The van der Waals surface area contributed by atoms with Gasteiger partial charge in [-0.15, -0.1) is 0 Å². The first-order chi connectivity index (χ1) is 14.0. The number of rotatable bonds is 4. The topological polar surface area (TPSA) is 98.0 Å². The largest absolute Gasteiger partial charge is 0.508 e. The molecule has 0 saturated carbocycles. The van der Waals surface area contributed by atoms with Crippen LogP contribution in [-0.2, 0) is 4.79 Å². The van der Waals surface area contributed by atoms with Crippen LogP contribution >= 0.6 is 0 Å². The molecule has 4 N–H and O–H groups in total. The van der Waals surface area contributed by atoms with E-state index in [0.717, 1.165) is 0 Å². The molecule has 0 bridgehead atoms. The molecule has 1 heterocycles. The summed E-state index contributed by atoms with van der Waals surface area (Å²) in [6, 6.07) is 18.9. The molecular weight excluding hydrogens is 370 g/mol. The Morgan fingerprint density at radius 2 is 1.24 bits per heavy atom. The zero-order chi connectivity index (χ0) is 20.6. The summed E-state index contributed by atoms with van der Waals surface area (Å²) in [4.78, 5) is 12.6. The summed E-state index contributed by atoms with van der Waals surface area (Å²) in [5.74, 6) is -1.62. The molecule has 3 aromatic rings. The Kier molecular flexibility index (Phi) is 4.64. The SMILES string of the molecule is O=C(O)[C@@H]1C(c2ccccc2O)CC[N+]1(c1ccccc1O)c1ccccc1O. The number of carboxylic acids is 1. The van der Waals surface area contributed by atoms with Crippen LogP contribution in [0.1, 0.15) is 17.9 Å². The fourth-order valence-electron chi connectivity index (χ4n) is 4.71. The highest BCUT2D eigenvalue weighted by atomic mass is 16.4. The molecule has 1 aliphatic heterocycles. The van der Waals surface area contributed by atoms with Crippen molar-refractivity contribution in [3.63, 3.8) is 0 Å². The molecule has 0 spiro atoms. The first kappa shape index (κ1) is 18.8. The van der Waals surface area contributed by atoms with E-state index in [4.69, 9.17) is 0 Å². The second kappa shape index (κ2) is 7.14. The molecular formula is C23H22NO5+. The molecule has 4 rings (SSSR count). The van der Waals surface area contributed by atoms with Crippen LogP contribution < -0.4 is 4.48 Å². The number of carboxylic acid groups (broad SMARTS) is 1. The number of phenolic OH excluding ortho intramolecular Hbond substituents is 3. The van der Waals surface area contributed by atoms with Crippen LogP contribution in [0, 0.1) is 0 Å². The van der Waals surface area contributed by atoms with Crippen LogP contribution in [0.25, 0.3) is 0 Å². The van der Waals surface area contributed by atoms with E-state index in [1.165, 1.54) is 12.1 Å². The van der Waals surface area contributed by atoms with Crippen LogP contribution in [0.2, 0.25) is 0 Å². The third-order valence-electron chi connectivity index (χ3n) is 5.86. The Labute approximate surface area is 168 Å². The second-order valence-electron chi connectivity index (χ2n) is 7.31. The minimum absolute atomic E-state index is 0.0401. The van der Waals surface area contributed by atoms with Gasteiger partial charge in [-0.05, 0) is 18.2 Å². The van der Waals surface area contributed by atoms with Crippen molar-refractivity contribution in [3.8, 4) is 17.2 Å². The number of phenols is 3. The van der Waals surface area contributed by atoms with E-state index in [9.17, 15) is 25.2 Å². The zero-order valence-electron chi connectivity index (χ0n) is 15.6. The third kappa shape index (κ3) is 2.89. The van der Waals surface area contributed by atoms with Crippen molar-refractivity contribution in [2.45, 2.75) is 18.4 Å². The summed E-state index contributed by atoms with van der Waals surface area (Å²) in [6.07, 6.45) is 0.456. The predicted molar refractivity (Wildman–Crippen MR) is 109 cm³/mol. The number of hydrogen-bond acceptors (Lipinski definition) is 4. The summed E-state index contributed by atoms with van der Waals surface area (Å²) in [5, 5.41) is 42.0. The molecule has 1 unspecified atom stereocenters. The molecule has 0 amide bonds. The van der Waals surface area contributed by atoms with Gasteiger partial charge < -0.3 is 20.4 Å². The van der Waals surface area contributed by atoms with Gasteiger partial charge in [0.25, 0.3) is 0 Å². The van der Waals surface area contributed by atoms with Gasteiger partial charge in [0.2, 0.25) is 6.04 Å². The maximum Gasteiger partial charge on any atom is 0.364 e. The van der Waals surface area contributed by atoms with Crippen molar-refractivity contribution in [2.75, 3.05) is 6.54 Å². The molecule has 0 aromatic heterocycles. The minimum Gasteiger partial charge on any atom is -0.508 e. The van der Waals surface area contributed by atoms with Crippen molar-refractivity contribution >= 4 is 17.3 Å². The average Bonchev–Trinajstić information content (AvgIpc) is 3.10. The van der Waals surface area contributed by atoms with Gasteiger partial charge in [0.05, 0.1) is 12.5 Å². The summed E-state index contributed by atoms with van der Waals surface area (Å²) in [5.41, 5.74) is 1.35. The Morgan fingerprint density at radius 1 is 0.759 bits per heavy atom. The second-order valence-corrected chi connectivity index (χ2v) is 7.31. The van der Waals surface area contributed by atoms with Gasteiger partial charge in [0, 0.05) is 24.1 Å². The average molecular weight is 392 g/mol. The lowest BCUT2D eigenvalue weighted by atomic mass is 9.90. The summed E-state index contributed by atoms with van der Waals surface area (Å²) in [6.45, 7) is 0.338. The van der Waals surface area contributed by atoms with Gasteiger partial charge in [-0.1, -0.05) is 42.5 Å². The van der Waals surface area contributed by atoms with Crippen LogP contribution in [0.15, 0.2) is 72.8 Å². The van der Waals surface area contributed by atoms with Gasteiger partial charge in [-0.25, -0.2) is 9.28 Å². The smallest absolute Gasteiger partial charge is 0.364 e. The Bertz CT molecular complexity index is 1020. The molecule has 0 radical (unpaired) electrons. The monoisotopic (exact) mass is 392 g/mol. The molecule has 6 nitrogen and oxygen atoms in total. The molecule has 6 heteroatoms. The third-order valence-corrected chi connectivity index (χ3v) is 5.86. The van der Waals surface area contributed by atoms with Crippen molar-refractivity contribution in [1.82, 2.24) is 4.48 Å². The van der Waals surface area contributed by atoms with Crippen molar-refractivity contribution in [3.05, 3.63) is 78.4 Å². The van der Waals surface area contributed by atoms with E-state index < -0.39 is 17.9 Å². The maximum absolute atomic E-state index is 12.6. The number of hydrogen-bond donors (Lipinski definition) is 4. The number of aromatic hydroxyl groups is 3. The number of para-hydroxylation sites is 5. The lowest BCUT2D eigenvalue weighted by Crippen LogP contribution is -2.53. The Hall–Kier alpha value is -3.51. The molecule has 148 valence electrons. The standard InChI is InChI=1S/C23H21NO5/c25-19-10-4-1-7-15(19)16-13-14-24(22(16)23(28)29,17-8-2-5-11-20(17)26)18-9-3-6-12-21(18)27/h1-12,16,22H,13-14H2,(H3-,25,26,27,28,29)/p+1/t16?,22-/m0/s1. The van der Waals surface area contributed by atoms with E-state index in [1.54, 1.807) is 60.7 Å². The molecule has 0 aliphatic carbocycles. The van der Waals surface area contributed by atoms with Gasteiger partial charge in [0.15, 0.2) is 22.9 Å². The van der Waals surface area contributed by atoms with Crippen LogP contribution in [-0.4, -0.2) is 39.0 Å². The Balaban J connectivity index is 2.01. The van der Waals surface area contributed by atoms with Gasteiger partial charge in [-0.3, -0.25) is 0 Å².